The molecule has 0 aliphatic heterocycles. The van der Waals surface area contributed by atoms with Crippen LogP contribution in [-0.2, 0) is 11.2 Å². The van der Waals surface area contributed by atoms with Gasteiger partial charge in [-0.15, -0.1) is 0 Å². The zero-order valence-electron chi connectivity index (χ0n) is 14.1. The summed E-state index contributed by atoms with van der Waals surface area (Å²) in [5, 5.41) is 0. The monoisotopic (exact) mass is 308 g/mol. The van der Waals surface area contributed by atoms with Crippen LogP contribution in [0.4, 0.5) is 0 Å². The molecule has 1 aromatic heterocycles. The third-order valence-electron chi connectivity index (χ3n) is 3.88. The Morgan fingerprint density at radius 2 is 1.78 bits per heavy atom. The fourth-order valence-electron chi connectivity index (χ4n) is 2.24. The molecule has 2 rings (SSSR count). The number of aromatic nitrogens is 1. The highest BCUT2D eigenvalue weighted by atomic mass is 16.2. The Hall–Kier alpha value is -2.42. The van der Waals surface area contributed by atoms with Crippen LogP contribution in [0.1, 0.15) is 36.5 Å². The second-order valence-corrected chi connectivity index (χ2v) is 6.02. The summed E-state index contributed by atoms with van der Waals surface area (Å²) in [6, 6.07) is 12.3. The van der Waals surface area contributed by atoms with Crippen LogP contribution in [-0.4, -0.2) is 29.4 Å². The number of hydrogen-bond acceptors (Lipinski definition) is 2. The molecule has 0 spiro atoms. The van der Waals surface area contributed by atoms with Crippen molar-refractivity contribution in [3.05, 3.63) is 71.6 Å². The number of likely N-dealkylation sites (N-methyl/N-ethyl adjacent to an activating group) is 1. The minimum absolute atomic E-state index is 0.0204. The number of rotatable bonds is 6. The number of benzene rings is 1. The van der Waals surface area contributed by atoms with E-state index < -0.39 is 0 Å². The second kappa shape index (κ2) is 8.28. The first-order valence-corrected chi connectivity index (χ1v) is 7.98. The molecular formula is C20H24N2O. The Kier molecular flexibility index (Phi) is 6.10. The summed E-state index contributed by atoms with van der Waals surface area (Å²) in [5.41, 5.74) is 3.54. The molecule has 0 radical (unpaired) electrons. The lowest BCUT2D eigenvalue weighted by atomic mass is 10.0. The molecule has 0 bridgehead atoms. The molecule has 0 aliphatic rings. The maximum absolute atomic E-state index is 12.1. The third-order valence-corrected chi connectivity index (χ3v) is 3.88. The molecule has 3 nitrogen and oxygen atoms in total. The Morgan fingerprint density at radius 3 is 2.39 bits per heavy atom. The van der Waals surface area contributed by atoms with Crippen molar-refractivity contribution in [1.29, 1.82) is 0 Å². The Bertz CT molecular complexity index is 645. The van der Waals surface area contributed by atoms with E-state index in [1.165, 1.54) is 11.1 Å². The van der Waals surface area contributed by atoms with Crippen molar-refractivity contribution in [1.82, 2.24) is 9.88 Å². The van der Waals surface area contributed by atoms with Crippen LogP contribution in [0.3, 0.4) is 0 Å². The van der Waals surface area contributed by atoms with Gasteiger partial charge in [0.1, 0.15) is 0 Å². The lowest BCUT2D eigenvalue weighted by Crippen LogP contribution is -2.27. The summed E-state index contributed by atoms with van der Waals surface area (Å²) < 4.78 is 0. The van der Waals surface area contributed by atoms with Crippen LogP contribution in [0.5, 0.6) is 0 Å². The van der Waals surface area contributed by atoms with Gasteiger partial charge in [0, 0.05) is 32.1 Å². The van der Waals surface area contributed by atoms with Gasteiger partial charge in [-0.05, 0) is 47.2 Å². The summed E-state index contributed by atoms with van der Waals surface area (Å²) in [5.74, 6) is 0.543. The average Bonchev–Trinajstić information content (AvgIpc) is 2.58. The number of carbonyl (C=O) groups excluding carboxylic acids is 1. The van der Waals surface area contributed by atoms with Crippen molar-refractivity contribution in [2.75, 3.05) is 13.6 Å². The maximum atomic E-state index is 12.1. The van der Waals surface area contributed by atoms with E-state index in [4.69, 9.17) is 0 Å². The summed E-state index contributed by atoms with van der Waals surface area (Å²) >= 11 is 0. The molecule has 1 aromatic carbocycles. The van der Waals surface area contributed by atoms with E-state index in [1.54, 1.807) is 23.4 Å². The zero-order chi connectivity index (χ0) is 16.7. The van der Waals surface area contributed by atoms with Crippen molar-refractivity contribution in [2.24, 2.45) is 0 Å². The van der Waals surface area contributed by atoms with Gasteiger partial charge in [-0.2, -0.15) is 0 Å². The molecular weight excluding hydrogens is 284 g/mol. The van der Waals surface area contributed by atoms with Crippen LogP contribution in [0.2, 0.25) is 0 Å². The number of pyridine rings is 1. The quantitative estimate of drug-likeness (QED) is 0.758. The molecule has 2 aromatic rings. The molecule has 0 saturated carbocycles. The smallest absolute Gasteiger partial charge is 0.246 e. The van der Waals surface area contributed by atoms with E-state index >= 15 is 0 Å². The van der Waals surface area contributed by atoms with Gasteiger partial charge in [0.15, 0.2) is 0 Å². The normalized spacial score (nSPS) is 11.1. The largest absolute Gasteiger partial charge is 0.342 e. The molecule has 0 saturated heterocycles. The lowest BCUT2D eigenvalue weighted by molar-refractivity contribution is -0.124. The first-order chi connectivity index (χ1) is 11.1. The highest BCUT2D eigenvalue weighted by Crippen LogP contribution is 2.15. The van der Waals surface area contributed by atoms with Gasteiger partial charge in [0.2, 0.25) is 5.91 Å². The number of hydrogen-bond donors (Lipinski definition) is 0. The highest BCUT2D eigenvalue weighted by molar-refractivity contribution is 5.91. The van der Waals surface area contributed by atoms with Gasteiger partial charge in [-0.1, -0.05) is 38.1 Å². The van der Waals surface area contributed by atoms with Gasteiger partial charge in [-0.25, -0.2) is 0 Å². The third kappa shape index (κ3) is 5.37. The Labute approximate surface area is 138 Å². The Balaban J connectivity index is 1.87. The standard InChI is InChI=1S/C20H24N2O/c1-16(2)19-7-4-17(5-8-19)6-9-20(23)22(3)15-12-18-10-13-21-14-11-18/h4-11,13-14,16H,12,15H2,1-3H3/b9-6+. The number of amides is 1. The molecule has 0 N–H and O–H groups in total. The van der Waals surface area contributed by atoms with Crippen molar-refractivity contribution in [2.45, 2.75) is 26.2 Å². The van der Waals surface area contributed by atoms with Gasteiger partial charge in [0.05, 0.1) is 0 Å². The van der Waals surface area contributed by atoms with E-state index in [-0.39, 0.29) is 5.91 Å². The van der Waals surface area contributed by atoms with Gasteiger partial charge >= 0.3 is 0 Å². The summed E-state index contributed by atoms with van der Waals surface area (Å²) in [4.78, 5) is 17.9. The van der Waals surface area contributed by atoms with Crippen molar-refractivity contribution in [3.63, 3.8) is 0 Å². The molecule has 0 aliphatic carbocycles. The summed E-state index contributed by atoms with van der Waals surface area (Å²) in [6.45, 7) is 5.04. The van der Waals surface area contributed by atoms with Crippen molar-refractivity contribution < 1.29 is 4.79 Å². The molecule has 0 unspecified atom stereocenters. The minimum Gasteiger partial charge on any atom is -0.342 e. The first kappa shape index (κ1) is 16.9. The molecule has 23 heavy (non-hydrogen) atoms. The summed E-state index contributed by atoms with van der Waals surface area (Å²) in [7, 11) is 1.83. The number of carbonyl (C=O) groups is 1. The lowest BCUT2D eigenvalue weighted by Gasteiger charge is -2.14. The van der Waals surface area contributed by atoms with Crippen LogP contribution in [0.25, 0.3) is 6.08 Å². The molecule has 1 amide bonds. The molecule has 0 atom stereocenters. The minimum atomic E-state index is 0.0204. The Morgan fingerprint density at radius 1 is 1.13 bits per heavy atom. The van der Waals surface area contributed by atoms with E-state index in [0.29, 0.717) is 12.5 Å². The molecule has 3 heteroatoms. The van der Waals surface area contributed by atoms with Crippen molar-refractivity contribution in [3.8, 4) is 0 Å². The fourth-order valence-corrected chi connectivity index (χ4v) is 2.24. The zero-order valence-corrected chi connectivity index (χ0v) is 14.1. The van der Waals surface area contributed by atoms with E-state index in [2.05, 4.69) is 43.1 Å². The van der Waals surface area contributed by atoms with Gasteiger partial charge in [-0.3, -0.25) is 9.78 Å². The molecule has 0 fully saturated rings. The average molecular weight is 308 g/mol. The van der Waals surface area contributed by atoms with Gasteiger partial charge < -0.3 is 4.90 Å². The number of nitrogens with zero attached hydrogens (tertiary/aromatic N) is 2. The maximum Gasteiger partial charge on any atom is 0.246 e. The topological polar surface area (TPSA) is 33.2 Å². The van der Waals surface area contributed by atoms with Crippen molar-refractivity contribution >= 4 is 12.0 Å². The fraction of sp³-hybridized carbons (Fsp3) is 0.300. The van der Waals surface area contributed by atoms with Crippen LogP contribution >= 0.6 is 0 Å². The first-order valence-electron chi connectivity index (χ1n) is 7.98. The van der Waals surface area contributed by atoms with Crippen LogP contribution < -0.4 is 0 Å². The predicted octanol–water partition coefficient (Wildman–Crippen LogP) is 3.92. The van der Waals surface area contributed by atoms with E-state index in [1.807, 2.05) is 25.3 Å². The highest BCUT2D eigenvalue weighted by Gasteiger charge is 2.05. The second-order valence-electron chi connectivity index (χ2n) is 6.02. The molecule has 120 valence electrons. The van der Waals surface area contributed by atoms with Gasteiger partial charge in [0.25, 0.3) is 0 Å². The predicted molar refractivity (Wildman–Crippen MR) is 95.1 cm³/mol. The van der Waals surface area contributed by atoms with E-state index in [0.717, 1.165) is 12.0 Å². The summed E-state index contributed by atoms with van der Waals surface area (Å²) in [6.07, 6.45) is 7.89. The van der Waals surface area contributed by atoms with E-state index in [9.17, 15) is 4.79 Å². The van der Waals surface area contributed by atoms with Crippen LogP contribution in [0.15, 0.2) is 54.9 Å². The molecule has 1 heterocycles. The SMILES string of the molecule is CC(C)c1ccc(/C=C/C(=O)N(C)CCc2ccncc2)cc1. The van der Waals surface area contributed by atoms with Crippen LogP contribution in [0, 0.1) is 0 Å².